The third-order valence-corrected chi connectivity index (χ3v) is 3.79. The first-order chi connectivity index (χ1) is 12.3. The van der Waals surface area contributed by atoms with Crippen LogP contribution in [-0.2, 0) is 4.79 Å². The molecule has 0 aliphatic rings. The first kappa shape index (κ1) is 19.3. The Morgan fingerprint density at radius 1 is 1.31 bits per heavy atom. The normalized spacial score (nSPS) is 11.6. The number of nitro benzene ring substituents is 1. The van der Waals surface area contributed by atoms with E-state index in [0.717, 1.165) is 16.7 Å². The molecule has 26 heavy (non-hydrogen) atoms. The lowest BCUT2D eigenvalue weighted by atomic mass is 10.0. The van der Waals surface area contributed by atoms with Crippen molar-refractivity contribution >= 4 is 29.0 Å². The minimum absolute atomic E-state index is 0.0530. The molecule has 0 radical (unpaired) electrons. The number of Topliss-reactive ketones (excluding diaryl/α,β-unsaturated/α-hetero) is 1. The van der Waals surface area contributed by atoms with E-state index in [1.807, 2.05) is 6.92 Å². The Morgan fingerprint density at radius 2 is 2.04 bits per heavy atom. The van der Waals surface area contributed by atoms with Crippen molar-refractivity contribution in [2.75, 3.05) is 6.54 Å². The molecule has 136 valence electrons. The van der Waals surface area contributed by atoms with Gasteiger partial charge in [0.1, 0.15) is 0 Å². The summed E-state index contributed by atoms with van der Waals surface area (Å²) in [6.45, 7) is 2.15. The van der Waals surface area contributed by atoms with Crippen LogP contribution in [0.15, 0.2) is 47.4 Å². The summed E-state index contributed by atoms with van der Waals surface area (Å²) in [5.41, 5.74) is -0.936. The monoisotopic (exact) mass is 377 g/mol. The molecule has 1 atom stereocenters. The van der Waals surface area contributed by atoms with Crippen LogP contribution in [0.3, 0.4) is 0 Å². The summed E-state index contributed by atoms with van der Waals surface area (Å²) in [6, 6.07) is 5.96. The maximum absolute atomic E-state index is 12.9. The molecule has 0 unspecified atom stereocenters. The molecule has 8 nitrogen and oxygen atoms in total. The molecule has 0 aliphatic heterocycles. The number of nitro groups is 1. The fraction of sp³-hybridized carbons (Fsp3) is 0.235. The fourth-order valence-corrected chi connectivity index (χ4v) is 2.49. The number of hydrogen-bond donors (Lipinski definition) is 1. The number of rotatable bonds is 7. The van der Waals surface area contributed by atoms with Crippen LogP contribution in [0.25, 0.3) is 0 Å². The molecule has 9 heteroatoms. The Labute approximate surface area is 153 Å². The molecule has 0 fully saturated rings. The number of carbonyl (C=O) groups is 2. The van der Waals surface area contributed by atoms with E-state index in [0.29, 0.717) is 13.0 Å². The van der Waals surface area contributed by atoms with Gasteiger partial charge < -0.3 is 5.32 Å². The molecule has 2 aromatic rings. The quantitative estimate of drug-likeness (QED) is 0.344. The van der Waals surface area contributed by atoms with Gasteiger partial charge in [0.25, 0.3) is 17.2 Å². The molecule has 0 aliphatic carbocycles. The van der Waals surface area contributed by atoms with Gasteiger partial charge in [-0.3, -0.25) is 29.1 Å². The molecule has 2 rings (SSSR count). The second kappa shape index (κ2) is 8.39. The van der Waals surface area contributed by atoms with E-state index in [2.05, 4.69) is 5.32 Å². The predicted octanol–water partition coefficient (Wildman–Crippen LogP) is 2.36. The van der Waals surface area contributed by atoms with Crippen molar-refractivity contribution in [1.29, 1.82) is 0 Å². The molecule has 1 aromatic carbocycles. The smallest absolute Gasteiger partial charge is 0.270 e. The molecule has 0 bridgehead atoms. The van der Waals surface area contributed by atoms with E-state index in [9.17, 15) is 24.5 Å². The van der Waals surface area contributed by atoms with Gasteiger partial charge in [0.2, 0.25) is 0 Å². The fourth-order valence-electron chi connectivity index (χ4n) is 2.33. The summed E-state index contributed by atoms with van der Waals surface area (Å²) < 4.78 is 0.925. The van der Waals surface area contributed by atoms with Crippen LogP contribution in [0.2, 0.25) is 5.02 Å². The van der Waals surface area contributed by atoms with Crippen molar-refractivity contribution in [3.05, 3.63) is 73.6 Å². The number of non-ortho nitro benzene ring substituents is 1. The lowest BCUT2D eigenvalue weighted by Crippen LogP contribution is -2.41. The van der Waals surface area contributed by atoms with Gasteiger partial charge in [-0.15, -0.1) is 0 Å². The van der Waals surface area contributed by atoms with Gasteiger partial charge in [-0.2, -0.15) is 0 Å². The first-order valence-electron chi connectivity index (χ1n) is 7.79. The number of nitrogens with one attached hydrogen (secondary N) is 1. The van der Waals surface area contributed by atoms with Crippen LogP contribution in [0, 0.1) is 10.1 Å². The molecule has 1 N–H and O–H groups in total. The van der Waals surface area contributed by atoms with Crippen molar-refractivity contribution in [2.45, 2.75) is 19.4 Å². The van der Waals surface area contributed by atoms with Crippen LogP contribution in [0.4, 0.5) is 5.69 Å². The highest BCUT2D eigenvalue weighted by atomic mass is 35.5. The summed E-state index contributed by atoms with van der Waals surface area (Å²) in [5, 5.41) is 13.7. The summed E-state index contributed by atoms with van der Waals surface area (Å²) >= 11 is 5.90. The van der Waals surface area contributed by atoms with E-state index < -0.39 is 28.2 Å². The number of nitrogens with zero attached hydrogens (tertiary/aromatic N) is 2. The third kappa shape index (κ3) is 4.34. The minimum atomic E-state index is -1.52. The summed E-state index contributed by atoms with van der Waals surface area (Å²) in [5.74, 6) is -1.43. The number of benzene rings is 1. The van der Waals surface area contributed by atoms with Crippen molar-refractivity contribution in [1.82, 2.24) is 9.88 Å². The molecule has 0 saturated carbocycles. The van der Waals surface area contributed by atoms with Gasteiger partial charge in [-0.1, -0.05) is 30.7 Å². The first-order valence-corrected chi connectivity index (χ1v) is 8.17. The lowest BCUT2D eigenvalue weighted by molar-refractivity contribution is -0.384. The maximum Gasteiger partial charge on any atom is 0.270 e. The van der Waals surface area contributed by atoms with E-state index in [-0.39, 0.29) is 16.3 Å². The predicted molar refractivity (Wildman–Crippen MR) is 95.5 cm³/mol. The highest BCUT2D eigenvalue weighted by Gasteiger charge is 2.30. The van der Waals surface area contributed by atoms with E-state index in [1.54, 1.807) is 0 Å². The third-order valence-electron chi connectivity index (χ3n) is 3.57. The van der Waals surface area contributed by atoms with Gasteiger partial charge >= 0.3 is 0 Å². The number of pyridine rings is 1. The molecular formula is C17H16ClN3O5. The average molecular weight is 378 g/mol. The average Bonchev–Trinajstić information content (AvgIpc) is 2.63. The number of carbonyl (C=O) groups excluding carboxylic acids is 2. The second-order valence-corrected chi connectivity index (χ2v) is 5.89. The van der Waals surface area contributed by atoms with Crippen LogP contribution >= 0.6 is 11.6 Å². The highest BCUT2D eigenvalue weighted by Crippen LogP contribution is 2.20. The summed E-state index contributed by atoms with van der Waals surface area (Å²) in [4.78, 5) is 47.9. The topological polar surface area (TPSA) is 111 Å². The van der Waals surface area contributed by atoms with Crippen LogP contribution < -0.4 is 10.9 Å². The Balaban J connectivity index is 2.53. The summed E-state index contributed by atoms with van der Waals surface area (Å²) in [6.07, 6.45) is 1.82. The minimum Gasteiger partial charge on any atom is -0.354 e. The maximum atomic E-state index is 12.9. The number of aromatic nitrogens is 1. The lowest BCUT2D eigenvalue weighted by Gasteiger charge is -2.18. The molecule has 0 spiro atoms. The number of ketones is 1. The Morgan fingerprint density at radius 3 is 2.69 bits per heavy atom. The Kier molecular flexibility index (Phi) is 6.24. The molecule has 0 saturated heterocycles. The molecule has 1 amide bonds. The standard InChI is InChI=1S/C17H16ClN3O5/c1-2-8-19-17(24)15(20-10-12(18)6-7-14(20)22)16(23)11-4-3-5-13(9-11)21(25)26/h3-7,9-10,15H,2,8H2,1H3,(H,19,24)/t15-/m0/s1. The molecular weight excluding hydrogens is 362 g/mol. The van der Waals surface area contributed by atoms with E-state index in [4.69, 9.17) is 11.6 Å². The molecule has 1 aromatic heterocycles. The van der Waals surface area contributed by atoms with Gasteiger partial charge in [0.05, 0.1) is 9.95 Å². The Bertz CT molecular complexity index is 909. The zero-order valence-electron chi connectivity index (χ0n) is 13.8. The zero-order chi connectivity index (χ0) is 19.3. The van der Waals surface area contributed by atoms with Gasteiger partial charge in [0, 0.05) is 36.5 Å². The highest BCUT2D eigenvalue weighted by molar-refractivity contribution is 6.30. The van der Waals surface area contributed by atoms with Crippen molar-refractivity contribution in [3.63, 3.8) is 0 Å². The van der Waals surface area contributed by atoms with Crippen LogP contribution in [0.5, 0.6) is 0 Å². The van der Waals surface area contributed by atoms with Gasteiger partial charge in [0.15, 0.2) is 11.8 Å². The van der Waals surface area contributed by atoms with Crippen LogP contribution in [0.1, 0.15) is 29.7 Å². The Hall–Kier alpha value is -3.00. The van der Waals surface area contributed by atoms with Gasteiger partial charge in [-0.25, -0.2) is 0 Å². The zero-order valence-corrected chi connectivity index (χ0v) is 14.6. The number of hydrogen-bond acceptors (Lipinski definition) is 5. The number of amides is 1. The van der Waals surface area contributed by atoms with Crippen molar-refractivity contribution in [2.24, 2.45) is 0 Å². The SMILES string of the molecule is CCCNC(=O)[C@H](C(=O)c1cccc([N+](=O)[O-])c1)n1cc(Cl)ccc1=O. The van der Waals surface area contributed by atoms with E-state index >= 15 is 0 Å². The van der Waals surface area contributed by atoms with E-state index in [1.165, 1.54) is 30.5 Å². The summed E-state index contributed by atoms with van der Waals surface area (Å²) in [7, 11) is 0. The van der Waals surface area contributed by atoms with Crippen molar-refractivity contribution in [3.8, 4) is 0 Å². The van der Waals surface area contributed by atoms with Crippen molar-refractivity contribution < 1.29 is 14.5 Å². The second-order valence-electron chi connectivity index (χ2n) is 5.46. The molecule has 1 heterocycles. The number of halogens is 1. The largest absolute Gasteiger partial charge is 0.354 e. The van der Waals surface area contributed by atoms with Gasteiger partial charge in [-0.05, 0) is 12.5 Å². The van der Waals surface area contributed by atoms with Crippen LogP contribution in [-0.4, -0.2) is 27.7 Å².